The van der Waals surface area contributed by atoms with Gasteiger partial charge in [-0.25, -0.2) is 4.79 Å². The van der Waals surface area contributed by atoms with Crippen LogP contribution in [0.15, 0.2) is 48.5 Å². The molecule has 0 aliphatic carbocycles. The van der Waals surface area contributed by atoms with Gasteiger partial charge in [0, 0.05) is 17.2 Å². The van der Waals surface area contributed by atoms with E-state index in [4.69, 9.17) is 25.8 Å². The smallest absolute Gasteiger partial charge is 0.331 e. The van der Waals surface area contributed by atoms with Crippen molar-refractivity contribution >= 4 is 29.4 Å². The molecule has 2 rings (SSSR count). The maximum absolute atomic E-state index is 12.2. The van der Waals surface area contributed by atoms with Crippen LogP contribution in [0.25, 0.3) is 6.08 Å². The predicted octanol–water partition coefficient (Wildman–Crippen LogP) is 3.80. The highest BCUT2D eigenvalue weighted by Gasteiger charge is 2.14. The summed E-state index contributed by atoms with van der Waals surface area (Å²) < 4.78 is 15.2. The Morgan fingerprint density at radius 3 is 2.40 bits per heavy atom. The maximum atomic E-state index is 12.2. The van der Waals surface area contributed by atoms with Gasteiger partial charge in [-0.1, -0.05) is 23.7 Å². The number of esters is 1. The van der Waals surface area contributed by atoms with Crippen LogP contribution in [-0.4, -0.2) is 32.6 Å². The minimum absolute atomic E-state index is 0.317. The molecule has 5 nitrogen and oxygen atoms in total. The van der Waals surface area contributed by atoms with Crippen molar-refractivity contribution in [3.05, 3.63) is 64.7 Å². The van der Waals surface area contributed by atoms with Gasteiger partial charge in [0.1, 0.15) is 11.5 Å². The molecule has 0 saturated heterocycles. The first-order valence-corrected chi connectivity index (χ1v) is 7.77. The summed E-state index contributed by atoms with van der Waals surface area (Å²) in [4.78, 5) is 23.9. The van der Waals surface area contributed by atoms with Crippen molar-refractivity contribution in [1.82, 2.24) is 0 Å². The van der Waals surface area contributed by atoms with Crippen LogP contribution in [0.4, 0.5) is 0 Å². The van der Waals surface area contributed by atoms with Gasteiger partial charge in [0.2, 0.25) is 5.78 Å². The number of carbonyl (C=O) groups is 2. The van der Waals surface area contributed by atoms with E-state index in [2.05, 4.69) is 0 Å². The lowest BCUT2D eigenvalue weighted by atomic mass is 10.1. The zero-order valence-electron chi connectivity index (χ0n) is 13.8. The van der Waals surface area contributed by atoms with E-state index in [0.29, 0.717) is 22.1 Å². The van der Waals surface area contributed by atoms with Gasteiger partial charge < -0.3 is 14.2 Å². The highest BCUT2D eigenvalue weighted by molar-refractivity contribution is 6.30. The average Bonchev–Trinajstić information content (AvgIpc) is 2.65. The molecule has 0 unspecified atom stereocenters. The van der Waals surface area contributed by atoms with E-state index < -0.39 is 5.97 Å². The van der Waals surface area contributed by atoms with Crippen molar-refractivity contribution in [2.24, 2.45) is 0 Å². The van der Waals surface area contributed by atoms with Crippen LogP contribution in [0, 0.1) is 0 Å². The first-order chi connectivity index (χ1) is 12.0. The Kier molecular flexibility index (Phi) is 6.60. The molecule has 2 aromatic rings. The molecule has 6 heteroatoms. The molecule has 0 aliphatic rings. The van der Waals surface area contributed by atoms with Crippen molar-refractivity contribution in [3.8, 4) is 11.5 Å². The summed E-state index contributed by atoms with van der Waals surface area (Å²) in [6.45, 7) is -0.382. The number of ether oxygens (including phenoxy) is 3. The van der Waals surface area contributed by atoms with Crippen LogP contribution in [0.3, 0.4) is 0 Å². The summed E-state index contributed by atoms with van der Waals surface area (Å²) in [7, 11) is 2.97. The minimum Gasteiger partial charge on any atom is -0.497 e. The summed E-state index contributed by atoms with van der Waals surface area (Å²) in [5.41, 5.74) is 1.11. The Bertz CT molecular complexity index is 781. The number of carbonyl (C=O) groups excluding carboxylic acids is 2. The van der Waals surface area contributed by atoms with Crippen LogP contribution in [0.5, 0.6) is 11.5 Å². The average molecular weight is 361 g/mol. The van der Waals surface area contributed by atoms with Gasteiger partial charge in [-0.2, -0.15) is 0 Å². The van der Waals surface area contributed by atoms with Crippen LogP contribution in [-0.2, 0) is 9.53 Å². The number of hydrogen-bond acceptors (Lipinski definition) is 5. The third kappa shape index (κ3) is 5.36. The molecule has 0 amide bonds. The zero-order chi connectivity index (χ0) is 18.2. The van der Waals surface area contributed by atoms with Crippen LogP contribution >= 0.6 is 11.6 Å². The molecule has 0 radical (unpaired) electrons. The van der Waals surface area contributed by atoms with E-state index in [1.165, 1.54) is 20.3 Å². The highest BCUT2D eigenvalue weighted by Crippen LogP contribution is 2.25. The fourth-order valence-corrected chi connectivity index (χ4v) is 2.16. The molecular formula is C19H17ClO5. The van der Waals surface area contributed by atoms with E-state index in [9.17, 15) is 9.59 Å². The standard InChI is InChI=1S/C19H17ClO5/c1-23-15-8-9-16(18(11-15)24-2)17(21)12-25-19(22)10-5-13-3-6-14(20)7-4-13/h3-11H,12H2,1-2H3/b10-5+. The number of halogens is 1. The SMILES string of the molecule is COc1ccc(C(=O)COC(=O)/C=C/c2ccc(Cl)cc2)c(OC)c1. The van der Waals surface area contributed by atoms with Gasteiger partial charge in [0.15, 0.2) is 6.61 Å². The predicted molar refractivity (Wildman–Crippen MR) is 95.3 cm³/mol. The molecule has 0 fully saturated rings. The third-order valence-electron chi connectivity index (χ3n) is 3.34. The Morgan fingerprint density at radius 2 is 1.76 bits per heavy atom. The molecule has 0 saturated carbocycles. The summed E-state index contributed by atoms with van der Waals surface area (Å²) in [6, 6.07) is 11.8. The van der Waals surface area contributed by atoms with E-state index in [1.807, 2.05) is 0 Å². The summed E-state index contributed by atoms with van der Waals surface area (Å²) >= 11 is 5.79. The van der Waals surface area contributed by atoms with E-state index in [0.717, 1.165) is 5.56 Å². The number of benzene rings is 2. The molecule has 0 bridgehead atoms. The van der Waals surface area contributed by atoms with Crippen LogP contribution < -0.4 is 9.47 Å². The number of Topliss-reactive ketones (excluding diaryl/α,β-unsaturated/α-hetero) is 1. The maximum Gasteiger partial charge on any atom is 0.331 e. The van der Waals surface area contributed by atoms with E-state index in [-0.39, 0.29) is 12.4 Å². The van der Waals surface area contributed by atoms with E-state index in [1.54, 1.807) is 48.5 Å². The Balaban J connectivity index is 1.95. The van der Waals surface area contributed by atoms with Gasteiger partial charge in [-0.3, -0.25) is 4.79 Å². The first-order valence-electron chi connectivity index (χ1n) is 7.39. The van der Waals surface area contributed by atoms with Gasteiger partial charge in [0.05, 0.1) is 19.8 Å². The molecule has 0 aliphatic heterocycles. The molecule has 0 aromatic heterocycles. The quantitative estimate of drug-likeness (QED) is 0.427. The molecule has 25 heavy (non-hydrogen) atoms. The molecular weight excluding hydrogens is 344 g/mol. The largest absolute Gasteiger partial charge is 0.497 e. The topological polar surface area (TPSA) is 61.8 Å². The second-order valence-corrected chi connectivity index (χ2v) is 5.42. The molecule has 0 spiro atoms. The normalized spacial score (nSPS) is 10.5. The second kappa shape index (κ2) is 8.89. The minimum atomic E-state index is -0.615. The van der Waals surface area contributed by atoms with Crippen molar-refractivity contribution in [1.29, 1.82) is 0 Å². The zero-order valence-corrected chi connectivity index (χ0v) is 14.6. The number of hydrogen-bond donors (Lipinski definition) is 0. The van der Waals surface area contributed by atoms with Crippen LogP contribution in [0.2, 0.25) is 5.02 Å². The Hall–Kier alpha value is -2.79. The summed E-state index contributed by atoms with van der Waals surface area (Å²) in [5, 5.41) is 0.610. The lowest BCUT2D eigenvalue weighted by molar-refractivity contribution is -0.136. The monoisotopic (exact) mass is 360 g/mol. The number of ketones is 1. The van der Waals surface area contributed by atoms with Crippen molar-refractivity contribution in [3.63, 3.8) is 0 Å². The second-order valence-electron chi connectivity index (χ2n) is 4.98. The van der Waals surface area contributed by atoms with Gasteiger partial charge in [0.25, 0.3) is 0 Å². The van der Waals surface area contributed by atoms with Crippen LogP contribution in [0.1, 0.15) is 15.9 Å². The fraction of sp³-hybridized carbons (Fsp3) is 0.158. The fourth-order valence-electron chi connectivity index (χ4n) is 2.03. The van der Waals surface area contributed by atoms with Crippen molar-refractivity contribution in [2.45, 2.75) is 0 Å². The van der Waals surface area contributed by atoms with Gasteiger partial charge in [-0.15, -0.1) is 0 Å². The third-order valence-corrected chi connectivity index (χ3v) is 3.59. The summed E-state index contributed by atoms with van der Waals surface area (Å²) in [6.07, 6.45) is 2.83. The molecule has 130 valence electrons. The Morgan fingerprint density at radius 1 is 1.04 bits per heavy atom. The van der Waals surface area contributed by atoms with Gasteiger partial charge in [-0.05, 0) is 35.9 Å². The van der Waals surface area contributed by atoms with Crippen molar-refractivity contribution in [2.75, 3.05) is 20.8 Å². The van der Waals surface area contributed by atoms with Gasteiger partial charge >= 0.3 is 5.97 Å². The molecule has 0 N–H and O–H groups in total. The molecule has 0 atom stereocenters. The number of methoxy groups -OCH3 is 2. The number of rotatable bonds is 7. The Labute approximate surface area is 150 Å². The molecule has 2 aromatic carbocycles. The lowest BCUT2D eigenvalue weighted by Crippen LogP contribution is -2.13. The van der Waals surface area contributed by atoms with E-state index >= 15 is 0 Å². The van der Waals surface area contributed by atoms with Crippen molar-refractivity contribution < 1.29 is 23.8 Å². The highest BCUT2D eigenvalue weighted by atomic mass is 35.5. The molecule has 0 heterocycles. The first kappa shape index (κ1) is 18.5. The lowest BCUT2D eigenvalue weighted by Gasteiger charge is -2.09. The summed E-state index contributed by atoms with van der Waals surface area (Å²) in [5.74, 6) is -0.0584.